The third kappa shape index (κ3) is 6.24. The van der Waals surface area contributed by atoms with Gasteiger partial charge in [-0.15, -0.1) is 0 Å². The molecule has 14 heavy (non-hydrogen) atoms. The van der Waals surface area contributed by atoms with Crippen LogP contribution in [0.2, 0.25) is 0 Å². The Hall–Kier alpha value is -1.30. The summed E-state index contributed by atoms with van der Waals surface area (Å²) in [6.07, 6.45) is 1.26. The molecule has 0 bridgehead atoms. The average molecular weight is 200 g/mol. The number of hydrogen-bond acceptors (Lipinski definition) is 3. The van der Waals surface area contributed by atoms with Crippen LogP contribution in [0.3, 0.4) is 0 Å². The smallest absolute Gasteiger partial charge is 0.236 e. The zero-order valence-electron chi connectivity index (χ0n) is 8.18. The van der Waals surface area contributed by atoms with Crippen LogP contribution in [-0.4, -0.2) is 31.0 Å². The van der Waals surface area contributed by atoms with Crippen LogP contribution in [-0.2, 0) is 4.79 Å². The van der Waals surface area contributed by atoms with Gasteiger partial charge in [0.2, 0.25) is 5.91 Å². The van der Waals surface area contributed by atoms with E-state index in [0.29, 0.717) is 25.9 Å². The number of carbonyl (C=O) groups is 1. The summed E-state index contributed by atoms with van der Waals surface area (Å²) in [5.74, 6) is -0.261. The van der Waals surface area contributed by atoms with Gasteiger partial charge in [0.15, 0.2) is 5.96 Å². The Morgan fingerprint density at radius 2 is 2.14 bits per heavy atom. The summed E-state index contributed by atoms with van der Waals surface area (Å²) >= 11 is 0. The molecule has 0 aromatic rings. The van der Waals surface area contributed by atoms with Gasteiger partial charge in [-0.05, 0) is 19.8 Å². The fraction of sp³-hybridized carbons (Fsp3) is 0.625. The van der Waals surface area contributed by atoms with Crippen LogP contribution in [0.5, 0.6) is 0 Å². The molecule has 0 saturated heterocycles. The molecule has 1 radical (unpaired) electrons. The lowest BCUT2D eigenvalue weighted by Crippen LogP contribution is -2.41. The molecule has 6 heteroatoms. The maximum absolute atomic E-state index is 11.1. The van der Waals surface area contributed by atoms with Crippen LogP contribution >= 0.6 is 0 Å². The summed E-state index contributed by atoms with van der Waals surface area (Å²) in [4.78, 5) is 11.1. The Balaban J connectivity index is 3.48. The molecule has 81 valence electrons. The second kappa shape index (κ2) is 7.14. The predicted molar refractivity (Wildman–Crippen MR) is 55.5 cm³/mol. The van der Waals surface area contributed by atoms with Crippen molar-refractivity contribution in [1.29, 1.82) is 5.41 Å². The van der Waals surface area contributed by atoms with E-state index in [0.717, 1.165) is 0 Å². The SMILES string of the molecule is [CH2]CNC(=O)C(N)CCCNC(=N)N. The van der Waals surface area contributed by atoms with Crippen LogP contribution in [0.4, 0.5) is 0 Å². The molecule has 0 aliphatic heterocycles. The topological polar surface area (TPSA) is 117 Å². The number of amides is 1. The van der Waals surface area contributed by atoms with Crippen molar-refractivity contribution in [2.45, 2.75) is 18.9 Å². The van der Waals surface area contributed by atoms with Gasteiger partial charge in [-0.1, -0.05) is 0 Å². The third-order valence-electron chi connectivity index (χ3n) is 1.64. The maximum atomic E-state index is 11.1. The second-order valence-corrected chi connectivity index (χ2v) is 2.88. The van der Waals surface area contributed by atoms with Crippen molar-refractivity contribution in [2.75, 3.05) is 13.1 Å². The van der Waals surface area contributed by atoms with Crippen LogP contribution in [0, 0.1) is 12.3 Å². The van der Waals surface area contributed by atoms with E-state index in [-0.39, 0.29) is 11.9 Å². The van der Waals surface area contributed by atoms with Gasteiger partial charge in [0.25, 0.3) is 0 Å². The first-order valence-electron chi connectivity index (χ1n) is 4.48. The molecule has 0 aromatic carbocycles. The average Bonchev–Trinajstić information content (AvgIpc) is 2.12. The highest BCUT2D eigenvalue weighted by molar-refractivity contribution is 5.81. The van der Waals surface area contributed by atoms with Crippen molar-refractivity contribution < 1.29 is 4.79 Å². The molecule has 0 saturated carbocycles. The predicted octanol–water partition coefficient (Wildman–Crippen LogP) is -1.47. The van der Waals surface area contributed by atoms with Crippen molar-refractivity contribution in [3.63, 3.8) is 0 Å². The van der Waals surface area contributed by atoms with Crippen molar-refractivity contribution in [2.24, 2.45) is 11.5 Å². The van der Waals surface area contributed by atoms with E-state index in [2.05, 4.69) is 17.6 Å². The molecular formula is C8H18N5O. The first-order chi connectivity index (χ1) is 6.57. The molecular weight excluding hydrogens is 182 g/mol. The minimum Gasteiger partial charge on any atom is -0.370 e. The Bertz CT molecular complexity index is 194. The molecule has 0 fully saturated rings. The van der Waals surface area contributed by atoms with Crippen LogP contribution in [0.15, 0.2) is 0 Å². The lowest BCUT2D eigenvalue weighted by Gasteiger charge is -2.10. The molecule has 0 spiro atoms. The fourth-order valence-electron chi connectivity index (χ4n) is 0.930. The quantitative estimate of drug-likeness (QED) is 0.204. The highest BCUT2D eigenvalue weighted by Gasteiger charge is 2.10. The number of nitrogens with two attached hydrogens (primary N) is 2. The number of hydrogen-bond donors (Lipinski definition) is 5. The van der Waals surface area contributed by atoms with Crippen LogP contribution in [0.25, 0.3) is 0 Å². The van der Waals surface area contributed by atoms with Gasteiger partial charge in [-0.2, -0.15) is 0 Å². The third-order valence-corrected chi connectivity index (χ3v) is 1.64. The number of rotatable bonds is 6. The Morgan fingerprint density at radius 1 is 1.50 bits per heavy atom. The number of nitrogens with one attached hydrogen (secondary N) is 3. The van der Waals surface area contributed by atoms with E-state index in [4.69, 9.17) is 16.9 Å². The molecule has 1 amide bonds. The van der Waals surface area contributed by atoms with Gasteiger partial charge in [-0.3, -0.25) is 10.2 Å². The largest absolute Gasteiger partial charge is 0.370 e. The lowest BCUT2D eigenvalue weighted by atomic mass is 10.1. The van der Waals surface area contributed by atoms with Gasteiger partial charge < -0.3 is 22.1 Å². The summed E-state index contributed by atoms with van der Waals surface area (Å²) in [6.45, 7) is 4.38. The van der Waals surface area contributed by atoms with Gasteiger partial charge in [-0.25, -0.2) is 0 Å². The zero-order chi connectivity index (χ0) is 11.0. The normalized spacial score (nSPS) is 11.9. The van der Waals surface area contributed by atoms with Crippen molar-refractivity contribution in [3.05, 3.63) is 6.92 Å². The molecule has 1 atom stereocenters. The van der Waals surface area contributed by atoms with E-state index < -0.39 is 6.04 Å². The Morgan fingerprint density at radius 3 is 2.64 bits per heavy atom. The van der Waals surface area contributed by atoms with E-state index in [1.807, 2.05) is 0 Å². The van der Waals surface area contributed by atoms with Crippen LogP contribution < -0.4 is 22.1 Å². The molecule has 1 unspecified atom stereocenters. The number of carbonyl (C=O) groups excluding carboxylic acids is 1. The van der Waals surface area contributed by atoms with E-state index in [1.165, 1.54) is 0 Å². The molecule has 0 aromatic heterocycles. The fourth-order valence-corrected chi connectivity index (χ4v) is 0.930. The molecule has 0 rings (SSSR count). The standard InChI is InChI=1S/C8H18N5O/c1-2-12-7(14)6(9)4-3-5-13-8(10)11/h6H,1-5,9H2,(H,12,14)(H4,10,11,13). The summed E-state index contributed by atoms with van der Waals surface area (Å²) in [6, 6.07) is -0.509. The van der Waals surface area contributed by atoms with Gasteiger partial charge in [0, 0.05) is 13.1 Å². The molecule has 7 N–H and O–H groups in total. The van der Waals surface area contributed by atoms with Crippen molar-refractivity contribution >= 4 is 11.9 Å². The maximum Gasteiger partial charge on any atom is 0.236 e. The van der Waals surface area contributed by atoms with Crippen molar-refractivity contribution in [3.8, 4) is 0 Å². The Kier molecular flexibility index (Phi) is 6.47. The Labute approximate surface area is 83.9 Å². The second-order valence-electron chi connectivity index (χ2n) is 2.88. The highest BCUT2D eigenvalue weighted by Crippen LogP contribution is 1.92. The van der Waals surface area contributed by atoms with E-state index >= 15 is 0 Å². The van der Waals surface area contributed by atoms with Gasteiger partial charge in [0.1, 0.15) is 0 Å². The van der Waals surface area contributed by atoms with E-state index in [9.17, 15) is 4.79 Å². The summed E-state index contributed by atoms with van der Waals surface area (Å²) in [7, 11) is 0. The summed E-state index contributed by atoms with van der Waals surface area (Å²) < 4.78 is 0. The highest BCUT2D eigenvalue weighted by atomic mass is 16.2. The van der Waals surface area contributed by atoms with Crippen molar-refractivity contribution in [1.82, 2.24) is 10.6 Å². The molecule has 0 heterocycles. The molecule has 6 nitrogen and oxygen atoms in total. The van der Waals surface area contributed by atoms with E-state index in [1.54, 1.807) is 0 Å². The number of guanidine groups is 1. The molecule has 0 aliphatic rings. The summed E-state index contributed by atoms with van der Waals surface area (Å²) in [5, 5.41) is 12.0. The van der Waals surface area contributed by atoms with Gasteiger partial charge in [0.05, 0.1) is 6.04 Å². The lowest BCUT2D eigenvalue weighted by molar-refractivity contribution is -0.122. The first kappa shape index (κ1) is 12.7. The first-order valence-corrected chi connectivity index (χ1v) is 4.48. The zero-order valence-corrected chi connectivity index (χ0v) is 8.18. The molecule has 0 aliphatic carbocycles. The monoisotopic (exact) mass is 200 g/mol. The minimum absolute atomic E-state index is 0.0687. The minimum atomic E-state index is -0.509. The van der Waals surface area contributed by atoms with Crippen LogP contribution in [0.1, 0.15) is 12.8 Å². The van der Waals surface area contributed by atoms with Gasteiger partial charge >= 0.3 is 0 Å². The summed E-state index contributed by atoms with van der Waals surface area (Å²) in [5.41, 5.74) is 10.6.